The zero-order valence-corrected chi connectivity index (χ0v) is 14.5. The molecule has 8 heteroatoms. The van der Waals surface area contributed by atoms with Gasteiger partial charge in [-0.25, -0.2) is 9.78 Å². The first-order valence-corrected chi connectivity index (χ1v) is 8.58. The predicted molar refractivity (Wildman–Crippen MR) is 93.9 cm³/mol. The zero-order chi connectivity index (χ0) is 18.7. The molecule has 2 aromatic rings. The number of aliphatic hydroxyl groups is 1. The average molecular weight is 359 g/mol. The van der Waals surface area contributed by atoms with E-state index in [4.69, 9.17) is 0 Å². The summed E-state index contributed by atoms with van der Waals surface area (Å²) in [6, 6.07) is 3.47. The molecule has 0 saturated carbocycles. The van der Waals surface area contributed by atoms with Crippen LogP contribution in [0.15, 0.2) is 23.0 Å². The van der Waals surface area contributed by atoms with Gasteiger partial charge in [-0.1, -0.05) is 6.42 Å². The van der Waals surface area contributed by atoms with Gasteiger partial charge < -0.3 is 15.2 Å². The fourth-order valence-electron chi connectivity index (χ4n) is 3.12. The third-order valence-corrected chi connectivity index (χ3v) is 4.55. The van der Waals surface area contributed by atoms with Crippen LogP contribution in [0.4, 0.5) is 0 Å². The van der Waals surface area contributed by atoms with Crippen molar-refractivity contribution >= 4 is 22.8 Å². The van der Waals surface area contributed by atoms with Crippen LogP contribution in [0.1, 0.15) is 35.4 Å². The zero-order valence-electron chi connectivity index (χ0n) is 14.5. The molecule has 0 spiro atoms. The number of esters is 1. The highest BCUT2D eigenvalue weighted by Gasteiger charge is 2.22. The lowest BCUT2D eigenvalue weighted by atomic mass is 10.1. The number of fused-ring (bicyclic) bond motifs is 2. The van der Waals surface area contributed by atoms with E-state index in [0.717, 1.165) is 31.5 Å². The summed E-state index contributed by atoms with van der Waals surface area (Å²) >= 11 is 0. The van der Waals surface area contributed by atoms with Crippen LogP contribution in [0.3, 0.4) is 0 Å². The Labute approximate surface area is 149 Å². The molecule has 2 N–H and O–H groups in total. The van der Waals surface area contributed by atoms with Crippen LogP contribution in [0.2, 0.25) is 0 Å². The Morgan fingerprint density at radius 3 is 2.88 bits per heavy atom. The van der Waals surface area contributed by atoms with Crippen LogP contribution in [0, 0.1) is 0 Å². The largest absolute Gasteiger partial charge is 0.467 e. The number of methoxy groups -OCH3 is 1. The predicted octanol–water partition coefficient (Wildman–Crippen LogP) is 0.387. The summed E-state index contributed by atoms with van der Waals surface area (Å²) in [4.78, 5) is 41.1. The summed E-state index contributed by atoms with van der Waals surface area (Å²) in [6.07, 6.45) is 3.73. The first-order chi connectivity index (χ1) is 12.5. The maximum absolute atomic E-state index is 12.7. The molecule has 0 fully saturated rings. The number of aliphatic hydroxyl groups excluding tert-OH is 1. The van der Waals surface area contributed by atoms with E-state index in [9.17, 15) is 19.5 Å². The summed E-state index contributed by atoms with van der Waals surface area (Å²) in [6.45, 7) is 0.0930. The van der Waals surface area contributed by atoms with Crippen molar-refractivity contribution in [2.75, 3.05) is 13.7 Å². The van der Waals surface area contributed by atoms with Crippen molar-refractivity contribution in [1.29, 1.82) is 0 Å². The minimum absolute atomic E-state index is 0.0957. The van der Waals surface area contributed by atoms with Crippen LogP contribution in [-0.4, -0.2) is 46.3 Å². The van der Waals surface area contributed by atoms with Gasteiger partial charge >= 0.3 is 5.97 Å². The van der Waals surface area contributed by atoms with Gasteiger partial charge in [0.15, 0.2) is 6.04 Å². The van der Waals surface area contributed by atoms with E-state index in [0.29, 0.717) is 17.4 Å². The Hall–Kier alpha value is -2.74. The maximum Gasteiger partial charge on any atom is 0.330 e. The Balaban J connectivity index is 1.95. The Bertz CT molecular complexity index is 906. The smallest absolute Gasteiger partial charge is 0.330 e. The number of carbonyl (C=O) groups excluding carboxylic acids is 2. The molecule has 1 atom stereocenters. The fraction of sp³-hybridized carbons (Fsp3) is 0.444. The van der Waals surface area contributed by atoms with Crippen LogP contribution in [-0.2, 0) is 22.5 Å². The number of benzene rings is 1. The van der Waals surface area contributed by atoms with E-state index in [-0.39, 0.29) is 11.1 Å². The highest BCUT2D eigenvalue weighted by molar-refractivity contribution is 5.99. The normalized spacial score (nSPS) is 15.0. The number of ether oxygens (including phenoxy) is 1. The molecule has 0 radical (unpaired) electrons. The van der Waals surface area contributed by atoms with E-state index >= 15 is 0 Å². The third-order valence-electron chi connectivity index (χ3n) is 4.55. The summed E-state index contributed by atoms with van der Waals surface area (Å²) < 4.78 is 6.25. The molecule has 26 heavy (non-hydrogen) atoms. The number of amides is 1. The quantitative estimate of drug-likeness (QED) is 0.764. The second-order valence-electron chi connectivity index (χ2n) is 6.26. The SMILES string of the molecule is COC(=O)[C@@H](CO)NC(=O)c1ccc2c(=O)n3c(nc2c1)CCCCC3. The Morgan fingerprint density at radius 2 is 2.15 bits per heavy atom. The second kappa shape index (κ2) is 7.65. The Morgan fingerprint density at radius 1 is 1.35 bits per heavy atom. The third kappa shape index (κ3) is 3.45. The van der Waals surface area contributed by atoms with Gasteiger partial charge in [0.05, 0.1) is 24.6 Å². The molecule has 0 aliphatic carbocycles. The van der Waals surface area contributed by atoms with Crippen LogP contribution in [0.25, 0.3) is 10.9 Å². The number of carbonyl (C=O) groups is 2. The summed E-state index contributed by atoms with van der Waals surface area (Å²) in [5.74, 6) is -0.545. The summed E-state index contributed by atoms with van der Waals surface area (Å²) in [7, 11) is 1.18. The lowest BCUT2D eigenvalue weighted by molar-refractivity contribution is -0.143. The number of nitrogens with one attached hydrogen (secondary N) is 1. The number of hydrogen-bond donors (Lipinski definition) is 2. The number of nitrogens with zero attached hydrogens (tertiary/aromatic N) is 2. The Kier molecular flexibility index (Phi) is 5.32. The van der Waals surface area contributed by atoms with Crippen LogP contribution in [0.5, 0.6) is 0 Å². The van der Waals surface area contributed by atoms with E-state index < -0.39 is 24.5 Å². The van der Waals surface area contributed by atoms with E-state index in [1.807, 2.05) is 0 Å². The van der Waals surface area contributed by atoms with Crippen molar-refractivity contribution in [2.24, 2.45) is 0 Å². The van der Waals surface area contributed by atoms with Gasteiger partial charge in [-0.15, -0.1) is 0 Å². The standard InChI is InChI=1S/C18H21N3O5/c1-26-18(25)14(10-22)20-16(23)11-6-7-12-13(9-11)19-15-5-3-2-4-8-21(15)17(12)24/h6-7,9,14,22H,2-5,8,10H2,1H3,(H,20,23)/t14-/m1/s1. The van der Waals surface area contributed by atoms with E-state index in [2.05, 4.69) is 15.0 Å². The number of rotatable bonds is 4. The molecule has 1 aromatic carbocycles. The van der Waals surface area contributed by atoms with Crippen molar-refractivity contribution < 1.29 is 19.4 Å². The van der Waals surface area contributed by atoms with Gasteiger partial charge in [0.2, 0.25) is 0 Å². The molecule has 1 aliphatic rings. The minimum Gasteiger partial charge on any atom is -0.467 e. The van der Waals surface area contributed by atoms with Gasteiger partial charge in [-0.3, -0.25) is 14.2 Å². The molecule has 0 saturated heterocycles. The van der Waals surface area contributed by atoms with Crippen molar-refractivity contribution in [3.05, 3.63) is 39.9 Å². The fourth-order valence-corrected chi connectivity index (χ4v) is 3.12. The number of aryl methyl sites for hydroxylation is 1. The average Bonchev–Trinajstić information content (AvgIpc) is 2.90. The maximum atomic E-state index is 12.7. The van der Waals surface area contributed by atoms with E-state index in [1.165, 1.54) is 19.2 Å². The van der Waals surface area contributed by atoms with Crippen molar-refractivity contribution in [3.63, 3.8) is 0 Å². The van der Waals surface area contributed by atoms with Crippen LogP contribution >= 0.6 is 0 Å². The minimum atomic E-state index is -1.14. The van der Waals surface area contributed by atoms with Crippen molar-refractivity contribution in [1.82, 2.24) is 14.9 Å². The molecular formula is C18H21N3O5. The summed E-state index contributed by atoms with van der Waals surface area (Å²) in [5.41, 5.74) is 0.612. The first-order valence-electron chi connectivity index (χ1n) is 8.58. The molecule has 8 nitrogen and oxygen atoms in total. The second-order valence-corrected chi connectivity index (χ2v) is 6.26. The lowest BCUT2D eigenvalue weighted by Crippen LogP contribution is -2.44. The molecule has 1 amide bonds. The molecular weight excluding hydrogens is 338 g/mol. The van der Waals surface area contributed by atoms with Gasteiger partial charge in [-0.05, 0) is 31.0 Å². The van der Waals surface area contributed by atoms with Gasteiger partial charge in [-0.2, -0.15) is 0 Å². The van der Waals surface area contributed by atoms with E-state index in [1.54, 1.807) is 10.6 Å². The molecule has 3 rings (SSSR count). The highest BCUT2D eigenvalue weighted by Crippen LogP contribution is 2.16. The lowest BCUT2D eigenvalue weighted by Gasteiger charge is -2.14. The van der Waals surface area contributed by atoms with Crippen LogP contribution < -0.4 is 10.9 Å². The molecule has 138 valence electrons. The number of aromatic nitrogens is 2. The van der Waals surface area contributed by atoms with Gasteiger partial charge in [0.1, 0.15) is 5.82 Å². The first kappa shape index (κ1) is 18.1. The molecule has 0 unspecified atom stereocenters. The topological polar surface area (TPSA) is 111 Å². The summed E-state index contributed by atoms with van der Waals surface area (Å²) in [5, 5.41) is 12.1. The highest BCUT2D eigenvalue weighted by atomic mass is 16.5. The van der Waals surface area contributed by atoms with Crippen molar-refractivity contribution in [2.45, 2.75) is 38.3 Å². The molecule has 1 aromatic heterocycles. The number of hydrogen-bond acceptors (Lipinski definition) is 6. The van der Waals surface area contributed by atoms with Crippen molar-refractivity contribution in [3.8, 4) is 0 Å². The molecule has 0 bridgehead atoms. The monoisotopic (exact) mass is 359 g/mol. The van der Waals surface area contributed by atoms with Gasteiger partial charge in [0.25, 0.3) is 11.5 Å². The van der Waals surface area contributed by atoms with Gasteiger partial charge in [0, 0.05) is 18.5 Å². The molecule has 1 aliphatic heterocycles. The molecule has 2 heterocycles.